The Morgan fingerprint density at radius 1 is 1.33 bits per heavy atom. The number of aromatic nitrogens is 1. The minimum atomic E-state index is -0.112. The molecule has 76 valence electrons. The first-order chi connectivity index (χ1) is 7.36. The Labute approximate surface area is 86.9 Å². The maximum absolute atomic E-state index is 11.6. The average molecular weight is 202 g/mol. The number of hydrogen-bond donors (Lipinski definition) is 1. The summed E-state index contributed by atoms with van der Waals surface area (Å²) in [6.45, 7) is 0.470. The first-order valence-electron chi connectivity index (χ1n) is 4.55. The molecule has 0 atom stereocenters. The van der Waals surface area contributed by atoms with E-state index in [-0.39, 0.29) is 5.91 Å². The first kappa shape index (κ1) is 9.45. The fraction of sp³-hybridized carbons (Fsp3) is 0.0909. The van der Waals surface area contributed by atoms with E-state index in [9.17, 15) is 4.79 Å². The number of furan rings is 1. The number of pyridine rings is 1. The van der Waals surface area contributed by atoms with Gasteiger partial charge in [0.1, 0.15) is 0 Å². The molecule has 0 aliphatic carbocycles. The third kappa shape index (κ3) is 2.43. The summed E-state index contributed by atoms with van der Waals surface area (Å²) in [6.07, 6.45) is 6.36. The van der Waals surface area contributed by atoms with E-state index >= 15 is 0 Å². The van der Waals surface area contributed by atoms with E-state index in [0.717, 1.165) is 5.56 Å². The summed E-state index contributed by atoms with van der Waals surface area (Å²) >= 11 is 0. The van der Waals surface area contributed by atoms with Gasteiger partial charge in [0.05, 0.1) is 12.5 Å². The zero-order chi connectivity index (χ0) is 10.5. The number of nitrogens with zero attached hydrogens (tertiary/aromatic N) is 1. The van der Waals surface area contributed by atoms with Gasteiger partial charge in [-0.3, -0.25) is 9.78 Å². The van der Waals surface area contributed by atoms with Crippen molar-refractivity contribution in [3.05, 3.63) is 54.2 Å². The van der Waals surface area contributed by atoms with Crippen LogP contribution >= 0.6 is 0 Å². The molecule has 0 bridgehead atoms. The standard InChI is InChI=1S/C11H10N2O2/c14-11(10-1-4-12-5-2-10)13-7-9-3-6-15-8-9/h1-6,8H,7H2,(H,13,14). The van der Waals surface area contributed by atoms with Crippen molar-refractivity contribution in [1.82, 2.24) is 10.3 Å². The average Bonchev–Trinajstić information content (AvgIpc) is 2.80. The summed E-state index contributed by atoms with van der Waals surface area (Å²) in [5, 5.41) is 2.77. The third-order valence-corrected chi connectivity index (χ3v) is 1.98. The van der Waals surface area contributed by atoms with Crippen LogP contribution in [0.3, 0.4) is 0 Å². The molecule has 2 aromatic rings. The predicted octanol–water partition coefficient (Wildman–Crippen LogP) is 1.60. The Balaban J connectivity index is 1.94. The van der Waals surface area contributed by atoms with Gasteiger partial charge in [-0.05, 0) is 18.2 Å². The van der Waals surface area contributed by atoms with Gasteiger partial charge in [0, 0.05) is 30.1 Å². The largest absolute Gasteiger partial charge is 0.472 e. The van der Waals surface area contributed by atoms with Gasteiger partial charge in [-0.1, -0.05) is 0 Å². The van der Waals surface area contributed by atoms with Gasteiger partial charge < -0.3 is 9.73 Å². The predicted molar refractivity (Wildman–Crippen MR) is 54.1 cm³/mol. The summed E-state index contributed by atoms with van der Waals surface area (Å²) in [5.74, 6) is -0.112. The summed E-state index contributed by atoms with van der Waals surface area (Å²) < 4.78 is 4.89. The van der Waals surface area contributed by atoms with E-state index < -0.39 is 0 Å². The fourth-order valence-electron chi connectivity index (χ4n) is 1.18. The number of nitrogens with one attached hydrogen (secondary N) is 1. The van der Waals surface area contributed by atoms with Gasteiger partial charge in [-0.25, -0.2) is 0 Å². The molecule has 0 aliphatic heterocycles. The number of carbonyl (C=O) groups excluding carboxylic acids is 1. The molecule has 15 heavy (non-hydrogen) atoms. The molecule has 0 unspecified atom stereocenters. The monoisotopic (exact) mass is 202 g/mol. The first-order valence-corrected chi connectivity index (χ1v) is 4.55. The normalized spacial score (nSPS) is 9.87. The molecular formula is C11H10N2O2. The summed E-state index contributed by atoms with van der Waals surface area (Å²) in [5.41, 5.74) is 1.55. The van der Waals surface area contributed by atoms with E-state index in [0.29, 0.717) is 12.1 Å². The lowest BCUT2D eigenvalue weighted by molar-refractivity contribution is 0.0951. The Bertz CT molecular complexity index is 423. The molecule has 0 aromatic carbocycles. The number of amides is 1. The maximum atomic E-state index is 11.6. The van der Waals surface area contributed by atoms with Crippen LogP contribution in [0.4, 0.5) is 0 Å². The van der Waals surface area contributed by atoms with Crippen LogP contribution in [0.1, 0.15) is 15.9 Å². The van der Waals surface area contributed by atoms with Crippen molar-refractivity contribution >= 4 is 5.91 Å². The Hall–Kier alpha value is -2.10. The van der Waals surface area contributed by atoms with Crippen LogP contribution in [0.15, 0.2) is 47.5 Å². The van der Waals surface area contributed by atoms with Crippen LogP contribution in [-0.2, 0) is 6.54 Å². The van der Waals surface area contributed by atoms with E-state index in [1.807, 2.05) is 6.07 Å². The summed E-state index contributed by atoms with van der Waals surface area (Å²) in [4.78, 5) is 15.4. The van der Waals surface area contributed by atoms with Crippen molar-refractivity contribution < 1.29 is 9.21 Å². The van der Waals surface area contributed by atoms with E-state index in [2.05, 4.69) is 10.3 Å². The smallest absolute Gasteiger partial charge is 0.251 e. The van der Waals surface area contributed by atoms with Gasteiger partial charge in [0.15, 0.2) is 0 Å². The van der Waals surface area contributed by atoms with Crippen LogP contribution in [0.25, 0.3) is 0 Å². The molecule has 0 aliphatic rings. The highest BCUT2D eigenvalue weighted by Gasteiger charge is 2.03. The highest BCUT2D eigenvalue weighted by atomic mass is 16.3. The van der Waals surface area contributed by atoms with Crippen molar-refractivity contribution in [1.29, 1.82) is 0 Å². The second-order valence-electron chi connectivity index (χ2n) is 3.05. The molecule has 2 rings (SSSR count). The van der Waals surface area contributed by atoms with E-state index in [1.165, 1.54) is 0 Å². The number of rotatable bonds is 3. The molecular weight excluding hydrogens is 192 g/mol. The molecule has 0 saturated carbocycles. The molecule has 2 heterocycles. The van der Waals surface area contributed by atoms with Crippen LogP contribution in [0.5, 0.6) is 0 Å². The molecule has 4 nitrogen and oxygen atoms in total. The number of carbonyl (C=O) groups is 1. The molecule has 1 N–H and O–H groups in total. The molecule has 2 aromatic heterocycles. The summed E-state index contributed by atoms with van der Waals surface area (Å²) in [7, 11) is 0. The lowest BCUT2D eigenvalue weighted by Crippen LogP contribution is -2.22. The third-order valence-electron chi connectivity index (χ3n) is 1.98. The van der Waals surface area contributed by atoms with Crippen LogP contribution < -0.4 is 5.32 Å². The molecule has 1 amide bonds. The van der Waals surface area contributed by atoms with Crippen LogP contribution in [-0.4, -0.2) is 10.9 Å². The second kappa shape index (κ2) is 4.41. The van der Waals surface area contributed by atoms with Gasteiger partial charge in [0.2, 0.25) is 0 Å². The zero-order valence-corrected chi connectivity index (χ0v) is 8.01. The van der Waals surface area contributed by atoms with Crippen molar-refractivity contribution in [3.8, 4) is 0 Å². The van der Waals surface area contributed by atoms with Gasteiger partial charge in [-0.15, -0.1) is 0 Å². The van der Waals surface area contributed by atoms with Gasteiger partial charge in [0.25, 0.3) is 5.91 Å². The van der Waals surface area contributed by atoms with Crippen LogP contribution in [0, 0.1) is 0 Å². The van der Waals surface area contributed by atoms with Gasteiger partial charge >= 0.3 is 0 Å². The highest BCUT2D eigenvalue weighted by molar-refractivity contribution is 5.93. The fourth-order valence-corrected chi connectivity index (χ4v) is 1.18. The minimum absolute atomic E-state index is 0.112. The molecule has 0 saturated heterocycles. The Morgan fingerprint density at radius 3 is 2.80 bits per heavy atom. The Morgan fingerprint density at radius 2 is 2.13 bits per heavy atom. The lowest BCUT2D eigenvalue weighted by atomic mass is 10.2. The quantitative estimate of drug-likeness (QED) is 0.822. The van der Waals surface area contributed by atoms with Crippen molar-refractivity contribution in [2.75, 3.05) is 0 Å². The maximum Gasteiger partial charge on any atom is 0.251 e. The van der Waals surface area contributed by atoms with Crippen molar-refractivity contribution in [2.45, 2.75) is 6.54 Å². The second-order valence-corrected chi connectivity index (χ2v) is 3.05. The number of hydrogen-bond acceptors (Lipinski definition) is 3. The minimum Gasteiger partial charge on any atom is -0.472 e. The molecule has 0 spiro atoms. The lowest BCUT2D eigenvalue weighted by Gasteiger charge is -2.02. The van der Waals surface area contributed by atoms with E-state index in [4.69, 9.17) is 4.42 Å². The Kier molecular flexibility index (Phi) is 2.78. The molecule has 0 radical (unpaired) electrons. The van der Waals surface area contributed by atoms with Gasteiger partial charge in [-0.2, -0.15) is 0 Å². The SMILES string of the molecule is O=C(NCc1ccoc1)c1ccncc1. The zero-order valence-electron chi connectivity index (χ0n) is 8.01. The van der Waals surface area contributed by atoms with Crippen molar-refractivity contribution in [3.63, 3.8) is 0 Å². The van der Waals surface area contributed by atoms with E-state index in [1.54, 1.807) is 37.1 Å². The van der Waals surface area contributed by atoms with Crippen LogP contribution in [0.2, 0.25) is 0 Å². The van der Waals surface area contributed by atoms with Crippen molar-refractivity contribution in [2.24, 2.45) is 0 Å². The summed E-state index contributed by atoms with van der Waals surface area (Å²) in [6, 6.07) is 5.15. The highest BCUT2D eigenvalue weighted by Crippen LogP contribution is 2.00. The topological polar surface area (TPSA) is 55.1 Å². The molecule has 4 heteroatoms. The molecule has 0 fully saturated rings.